The number of benzene rings is 1. The number of aryl methyl sites for hydroxylation is 1. The van der Waals surface area contributed by atoms with Crippen LogP contribution in [0.2, 0.25) is 0 Å². The Kier molecular flexibility index (Phi) is 3.74. The minimum Gasteiger partial charge on any atom is -0.507 e. The molecular weight excluding hydrogens is 253 g/mol. The van der Waals surface area contributed by atoms with Crippen LogP contribution in [0.15, 0.2) is 22.7 Å². The average molecular weight is 265 g/mol. The van der Waals surface area contributed by atoms with E-state index in [1.54, 1.807) is 6.92 Å². The number of phenolic OH excluding ortho intramolecular Hbond substituents is 1. The second-order valence-electron chi connectivity index (χ2n) is 3.90. The number of aromatic nitrogens is 2. The standard InChI is InChI=1S/C12H12FN3O3/c1-7-15-11(16-19-7)4-5-14-12(18)9-3-2-8(13)6-10(9)17/h2-3,6,17H,4-5H2,1H3,(H,14,18). The predicted molar refractivity (Wildman–Crippen MR) is 63.1 cm³/mol. The molecule has 19 heavy (non-hydrogen) atoms. The highest BCUT2D eigenvalue weighted by Crippen LogP contribution is 2.17. The third-order valence-corrected chi connectivity index (χ3v) is 2.41. The van der Waals surface area contributed by atoms with E-state index in [1.165, 1.54) is 6.07 Å². The molecule has 7 heteroatoms. The van der Waals surface area contributed by atoms with Gasteiger partial charge in [-0.25, -0.2) is 4.39 Å². The van der Waals surface area contributed by atoms with Crippen LogP contribution in [0.4, 0.5) is 4.39 Å². The number of aromatic hydroxyl groups is 1. The third-order valence-electron chi connectivity index (χ3n) is 2.41. The molecule has 0 aliphatic carbocycles. The van der Waals surface area contributed by atoms with E-state index in [9.17, 15) is 14.3 Å². The van der Waals surface area contributed by atoms with E-state index in [0.717, 1.165) is 12.1 Å². The number of hydrogen-bond donors (Lipinski definition) is 2. The quantitative estimate of drug-likeness (QED) is 0.867. The topological polar surface area (TPSA) is 88.2 Å². The van der Waals surface area contributed by atoms with E-state index in [4.69, 9.17) is 4.52 Å². The minimum absolute atomic E-state index is 0.0192. The summed E-state index contributed by atoms with van der Waals surface area (Å²) in [5.74, 6) is -0.541. The molecule has 2 N–H and O–H groups in total. The van der Waals surface area contributed by atoms with Crippen molar-refractivity contribution in [3.05, 3.63) is 41.3 Å². The zero-order valence-corrected chi connectivity index (χ0v) is 10.2. The van der Waals surface area contributed by atoms with Gasteiger partial charge in [0.1, 0.15) is 11.6 Å². The summed E-state index contributed by atoms with van der Waals surface area (Å²) < 4.78 is 17.6. The lowest BCUT2D eigenvalue weighted by atomic mass is 10.2. The number of nitrogens with one attached hydrogen (secondary N) is 1. The fraction of sp³-hybridized carbons (Fsp3) is 0.250. The molecule has 0 atom stereocenters. The van der Waals surface area contributed by atoms with Crippen molar-refractivity contribution >= 4 is 5.91 Å². The van der Waals surface area contributed by atoms with Gasteiger partial charge in [0, 0.05) is 26.0 Å². The molecule has 2 rings (SSSR count). The maximum Gasteiger partial charge on any atom is 0.255 e. The molecule has 1 aromatic heterocycles. The molecule has 0 fully saturated rings. The molecule has 1 aromatic carbocycles. The van der Waals surface area contributed by atoms with Crippen molar-refractivity contribution in [1.29, 1.82) is 0 Å². The Morgan fingerprint density at radius 2 is 2.32 bits per heavy atom. The monoisotopic (exact) mass is 265 g/mol. The number of nitrogens with zero attached hydrogens (tertiary/aromatic N) is 2. The number of rotatable bonds is 4. The molecule has 2 aromatic rings. The lowest BCUT2D eigenvalue weighted by Crippen LogP contribution is -2.26. The summed E-state index contributed by atoms with van der Waals surface area (Å²) in [5, 5.41) is 15.7. The molecule has 0 spiro atoms. The van der Waals surface area contributed by atoms with Gasteiger partial charge in [-0.2, -0.15) is 4.98 Å². The van der Waals surface area contributed by atoms with Gasteiger partial charge in [-0.15, -0.1) is 0 Å². The predicted octanol–water partition coefficient (Wildman–Crippen LogP) is 1.20. The smallest absolute Gasteiger partial charge is 0.255 e. The summed E-state index contributed by atoms with van der Waals surface area (Å²) in [6.07, 6.45) is 0.408. The maximum absolute atomic E-state index is 12.8. The Morgan fingerprint density at radius 1 is 1.53 bits per heavy atom. The van der Waals surface area contributed by atoms with Crippen molar-refractivity contribution in [3.8, 4) is 5.75 Å². The molecule has 0 aliphatic rings. The second kappa shape index (κ2) is 5.47. The second-order valence-corrected chi connectivity index (χ2v) is 3.90. The highest BCUT2D eigenvalue weighted by Gasteiger charge is 2.11. The average Bonchev–Trinajstić information content (AvgIpc) is 2.75. The highest BCUT2D eigenvalue weighted by atomic mass is 19.1. The zero-order chi connectivity index (χ0) is 13.8. The van der Waals surface area contributed by atoms with Gasteiger partial charge in [0.25, 0.3) is 5.91 Å². The minimum atomic E-state index is -0.601. The van der Waals surface area contributed by atoms with Crippen LogP contribution >= 0.6 is 0 Å². The fourth-order valence-electron chi connectivity index (χ4n) is 1.52. The van der Waals surface area contributed by atoms with Gasteiger partial charge in [-0.05, 0) is 12.1 Å². The van der Waals surface area contributed by atoms with Crippen molar-refractivity contribution in [2.45, 2.75) is 13.3 Å². The van der Waals surface area contributed by atoms with E-state index < -0.39 is 17.5 Å². The molecule has 100 valence electrons. The van der Waals surface area contributed by atoms with Crippen molar-refractivity contribution in [2.24, 2.45) is 0 Å². The molecule has 0 radical (unpaired) electrons. The van der Waals surface area contributed by atoms with E-state index >= 15 is 0 Å². The Labute approximate surface area is 108 Å². The number of carbonyl (C=O) groups excluding carboxylic acids is 1. The summed E-state index contributed by atoms with van der Waals surface area (Å²) in [6.45, 7) is 1.96. The molecule has 0 saturated carbocycles. The molecule has 0 saturated heterocycles. The molecule has 1 heterocycles. The largest absolute Gasteiger partial charge is 0.507 e. The lowest BCUT2D eigenvalue weighted by molar-refractivity contribution is 0.0951. The van der Waals surface area contributed by atoms with E-state index in [0.29, 0.717) is 18.1 Å². The van der Waals surface area contributed by atoms with Crippen molar-refractivity contribution in [3.63, 3.8) is 0 Å². The van der Waals surface area contributed by atoms with Crippen LogP contribution in [-0.4, -0.2) is 27.7 Å². The number of carbonyl (C=O) groups is 1. The fourth-order valence-corrected chi connectivity index (χ4v) is 1.52. The van der Waals surface area contributed by atoms with Crippen LogP contribution in [0, 0.1) is 12.7 Å². The molecule has 0 unspecified atom stereocenters. The van der Waals surface area contributed by atoms with Crippen LogP contribution in [0.3, 0.4) is 0 Å². The Hall–Kier alpha value is -2.44. The molecule has 6 nitrogen and oxygen atoms in total. The van der Waals surface area contributed by atoms with Gasteiger partial charge in [0.15, 0.2) is 5.82 Å². The van der Waals surface area contributed by atoms with Gasteiger partial charge in [-0.3, -0.25) is 4.79 Å². The molecular formula is C12H12FN3O3. The first-order chi connectivity index (χ1) is 9.06. The third kappa shape index (κ3) is 3.27. The van der Waals surface area contributed by atoms with E-state index in [1.807, 2.05) is 0 Å². The summed E-state index contributed by atoms with van der Waals surface area (Å²) in [4.78, 5) is 15.7. The van der Waals surface area contributed by atoms with E-state index in [2.05, 4.69) is 15.5 Å². The van der Waals surface area contributed by atoms with E-state index in [-0.39, 0.29) is 12.1 Å². The first-order valence-electron chi connectivity index (χ1n) is 5.62. The summed E-state index contributed by atoms with van der Waals surface area (Å²) in [5.41, 5.74) is 0.0192. The zero-order valence-electron chi connectivity index (χ0n) is 10.2. The first kappa shape index (κ1) is 13.0. The summed E-state index contributed by atoms with van der Waals surface area (Å²) >= 11 is 0. The van der Waals surface area contributed by atoms with Crippen LogP contribution in [0.1, 0.15) is 22.1 Å². The molecule has 0 bridgehead atoms. The Balaban J connectivity index is 1.90. The Morgan fingerprint density at radius 3 is 2.95 bits per heavy atom. The lowest BCUT2D eigenvalue weighted by Gasteiger charge is -2.05. The number of phenols is 1. The van der Waals surface area contributed by atoms with Crippen LogP contribution in [0.25, 0.3) is 0 Å². The highest BCUT2D eigenvalue weighted by molar-refractivity contribution is 5.96. The van der Waals surface area contributed by atoms with Gasteiger partial charge in [-0.1, -0.05) is 5.16 Å². The first-order valence-corrected chi connectivity index (χ1v) is 5.62. The number of hydrogen-bond acceptors (Lipinski definition) is 5. The molecule has 1 amide bonds. The van der Waals surface area contributed by atoms with Gasteiger partial charge in [0.2, 0.25) is 5.89 Å². The summed E-state index contributed by atoms with van der Waals surface area (Å²) in [7, 11) is 0. The van der Waals surface area contributed by atoms with Crippen molar-refractivity contribution < 1.29 is 18.8 Å². The Bertz CT molecular complexity index is 598. The normalized spacial score (nSPS) is 10.4. The summed E-state index contributed by atoms with van der Waals surface area (Å²) in [6, 6.07) is 3.22. The number of amides is 1. The van der Waals surface area contributed by atoms with Crippen LogP contribution in [-0.2, 0) is 6.42 Å². The molecule has 0 aliphatic heterocycles. The SMILES string of the molecule is Cc1nc(CCNC(=O)c2ccc(F)cc2O)no1. The van der Waals surface area contributed by atoms with Gasteiger partial charge in [0.05, 0.1) is 5.56 Å². The maximum atomic E-state index is 12.8. The van der Waals surface area contributed by atoms with Gasteiger partial charge < -0.3 is 14.9 Å². The number of halogens is 1. The van der Waals surface area contributed by atoms with Crippen molar-refractivity contribution in [1.82, 2.24) is 15.5 Å². The van der Waals surface area contributed by atoms with Crippen LogP contribution < -0.4 is 5.32 Å². The van der Waals surface area contributed by atoms with Crippen molar-refractivity contribution in [2.75, 3.05) is 6.54 Å². The van der Waals surface area contributed by atoms with Crippen LogP contribution in [0.5, 0.6) is 5.75 Å². The van der Waals surface area contributed by atoms with Gasteiger partial charge >= 0.3 is 0 Å².